The summed E-state index contributed by atoms with van der Waals surface area (Å²) in [5, 5.41) is 0. The van der Waals surface area contributed by atoms with E-state index in [1.165, 1.54) is 38.5 Å². The summed E-state index contributed by atoms with van der Waals surface area (Å²) in [4.78, 5) is 0. The van der Waals surface area contributed by atoms with Crippen LogP contribution in [0.1, 0.15) is 65.7 Å². The molecule has 0 aliphatic heterocycles. The Balaban J connectivity index is 3.68. The fourth-order valence-electron chi connectivity index (χ4n) is 1.77. The summed E-state index contributed by atoms with van der Waals surface area (Å²) in [6, 6.07) is 1.08. The van der Waals surface area contributed by atoms with E-state index < -0.39 is 7.18 Å². The smallest absolute Gasteiger partial charge is 0.387 e. The minimum atomic E-state index is -2.03. The van der Waals surface area contributed by atoms with Gasteiger partial charge in [-0.1, -0.05) is 67.7 Å². The molecular formula is C13H29BrO2Si. The van der Waals surface area contributed by atoms with Crippen LogP contribution in [0.3, 0.4) is 0 Å². The van der Waals surface area contributed by atoms with Crippen molar-refractivity contribution in [3.8, 4) is 0 Å². The molecule has 0 aromatic carbocycles. The van der Waals surface area contributed by atoms with Crippen molar-refractivity contribution >= 4 is 22.5 Å². The molecule has 2 nitrogen and oxygen atoms in total. The molecule has 17 heavy (non-hydrogen) atoms. The summed E-state index contributed by atoms with van der Waals surface area (Å²) < 4.78 is 11.7. The Morgan fingerprint density at radius 3 is 2.06 bits per heavy atom. The molecule has 1 atom stereocenters. The van der Waals surface area contributed by atoms with Crippen LogP contribution in [0.5, 0.6) is 0 Å². The number of halogens is 1. The van der Waals surface area contributed by atoms with Gasteiger partial charge in [-0.15, -0.1) is 0 Å². The highest BCUT2D eigenvalue weighted by atomic mass is 79.9. The Kier molecular flexibility index (Phi) is 12.1. The standard InChI is InChI=1S/C13H29BrO2Si/c1-4-7-8-9-10-11-13-17(14,15-6-3)16-12-5-2/h4-13H2,1-3H3. The molecule has 0 saturated heterocycles. The average molecular weight is 325 g/mol. The molecule has 0 heterocycles. The largest absolute Gasteiger partial charge is 0.414 e. The molecule has 0 aromatic rings. The Labute approximate surface area is 116 Å². The van der Waals surface area contributed by atoms with Crippen LogP contribution in [0.4, 0.5) is 0 Å². The summed E-state index contributed by atoms with van der Waals surface area (Å²) >= 11 is 3.72. The highest BCUT2D eigenvalue weighted by molar-refractivity contribution is 9.25. The second kappa shape index (κ2) is 11.7. The van der Waals surface area contributed by atoms with Crippen LogP contribution in [-0.2, 0) is 8.85 Å². The highest BCUT2D eigenvalue weighted by Gasteiger charge is 2.33. The third-order valence-electron chi connectivity index (χ3n) is 2.71. The third-order valence-corrected chi connectivity index (χ3v) is 7.58. The van der Waals surface area contributed by atoms with Crippen LogP contribution in [0, 0.1) is 0 Å². The minimum Gasteiger partial charge on any atom is -0.387 e. The van der Waals surface area contributed by atoms with Crippen molar-refractivity contribution in [2.24, 2.45) is 0 Å². The van der Waals surface area contributed by atoms with E-state index in [4.69, 9.17) is 8.85 Å². The van der Waals surface area contributed by atoms with Gasteiger partial charge in [0, 0.05) is 19.3 Å². The lowest BCUT2D eigenvalue weighted by molar-refractivity contribution is 0.197. The second-order valence-electron chi connectivity index (χ2n) is 4.46. The fourth-order valence-corrected chi connectivity index (χ4v) is 5.77. The molecule has 0 N–H and O–H groups in total. The highest BCUT2D eigenvalue weighted by Crippen LogP contribution is 2.25. The van der Waals surface area contributed by atoms with Gasteiger partial charge in [0.05, 0.1) is 0 Å². The van der Waals surface area contributed by atoms with E-state index in [0.717, 1.165) is 25.7 Å². The van der Waals surface area contributed by atoms with Gasteiger partial charge in [-0.25, -0.2) is 0 Å². The van der Waals surface area contributed by atoms with Crippen LogP contribution in [-0.4, -0.2) is 20.4 Å². The zero-order valence-corrected chi connectivity index (χ0v) is 14.4. The Morgan fingerprint density at radius 1 is 0.824 bits per heavy atom. The predicted octanol–water partition coefficient (Wildman–Crippen LogP) is 5.14. The van der Waals surface area contributed by atoms with E-state index in [1.807, 2.05) is 6.92 Å². The second-order valence-corrected chi connectivity index (χ2v) is 10.5. The third kappa shape index (κ3) is 10.2. The lowest BCUT2D eigenvalue weighted by atomic mass is 10.1. The van der Waals surface area contributed by atoms with Crippen molar-refractivity contribution < 1.29 is 8.85 Å². The van der Waals surface area contributed by atoms with Crippen LogP contribution in [0.25, 0.3) is 0 Å². The fraction of sp³-hybridized carbons (Fsp3) is 1.00. The molecule has 0 saturated carbocycles. The van der Waals surface area contributed by atoms with E-state index >= 15 is 0 Å². The van der Waals surface area contributed by atoms with Gasteiger partial charge in [-0.2, -0.15) is 0 Å². The first-order valence-corrected chi connectivity index (χ1v) is 11.4. The van der Waals surface area contributed by atoms with Gasteiger partial charge in [0.15, 0.2) is 0 Å². The van der Waals surface area contributed by atoms with Gasteiger partial charge in [-0.05, 0) is 13.3 Å². The van der Waals surface area contributed by atoms with Gasteiger partial charge >= 0.3 is 7.18 Å². The summed E-state index contributed by atoms with van der Waals surface area (Å²) in [5.74, 6) is 0. The lowest BCUT2D eigenvalue weighted by Crippen LogP contribution is -2.35. The summed E-state index contributed by atoms with van der Waals surface area (Å²) in [6.07, 6.45) is 9.01. The van der Waals surface area contributed by atoms with Gasteiger partial charge in [0.1, 0.15) is 0 Å². The minimum absolute atomic E-state index is 0.747. The molecule has 0 aliphatic rings. The Morgan fingerprint density at radius 2 is 1.47 bits per heavy atom. The summed E-state index contributed by atoms with van der Waals surface area (Å²) in [5.41, 5.74) is 0. The zero-order chi connectivity index (χ0) is 13.0. The molecular weight excluding hydrogens is 296 g/mol. The Hall–Kier alpha value is 0.617. The number of hydrogen-bond acceptors (Lipinski definition) is 2. The molecule has 0 aliphatic carbocycles. The first-order chi connectivity index (χ1) is 8.18. The van der Waals surface area contributed by atoms with Crippen LogP contribution in [0.15, 0.2) is 0 Å². The molecule has 0 rings (SSSR count). The molecule has 0 amide bonds. The van der Waals surface area contributed by atoms with E-state index in [0.29, 0.717) is 0 Å². The van der Waals surface area contributed by atoms with Crippen molar-refractivity contribution in [3.05, 3.63) is 0 Å². The van der Waals surface area contributed by atoms with Crippen molar-refractivity contribution in [3.63, 3.8) is 0 Å². The van der Waals surface area contributed by atoms with Crippen molar-refractivity contribution in [1.29, 1.82) is 0 Å². The molecule has 4 heteroatoms. The quantitative estimate of drug-likeness (QED) is 0.281. The van der Waals surface area contributed by atoms with Crippen LogP contribution >= 0.6 is 15.3 Å². The summed E-state index contributed by atoms with van der Waals surface area (Å²) in [6.45, 7) is 7.99. The molecule has 1 unspecified atom stereocenters. The summed E-state index contributed by atoms with van der Waals surface area (Å²) in [7, 11) is -2.03. The molecule has 104 valence electrons. The predicted molar refractivity (Wildman–Crippen MR) is 80.7 cm³/mol. The molecule has 0 radical (unpaired) electrons. The first kappa shape index (κ1) is 17.6. The molecule has 0 fully saturated rings. The molecule has 0 bridgehead atoms. The van der Waals surface area contributed by atoms with Crippen molar-refractivity contribution in [2.75, 3.05) is 13.2 Å². The van der Waals surface area contributed by atoms with Gasteiger partial charge in [0.25, 0.3) is 0 Å². The van der Waals surface area contributed by atoms with Crippen LogP contribution < -0.4 is 0 Å². The maximum Gasteiger partial charge on any atom is 0.414 e. The first-order valence-electron chi connectivity index (χ1n) is 7.15. The maximum atomic E-state index is 5.88. The van der Waals surface area contributed by atoms with E-state index in [1.54, 1.807) is 0 Å². The number of hydrogen-bond donors (Lipinski definition) is 0. The van der Waals surface area contributed by atoms with Crippen molar-refractivity contribution in [2.45, 2.75) is 71.8 Å². The van der Waals surface area contributed by atoms with Gasteiger partial charge in [0.2, 0.25) is 0 Å². The van der Waals surface area contributed by atoms with E-state index in [9.17, 15) is 0 Å². The van der Waals surface area contributed by atoms with E-state index in [-0.39, 0.29) is 0 Å². The van der Waals surface area contributed by atoms with Crippen LogP contribution in [0.2, 0.25) is 6.04 Å². The SMILES string of the molecule is CCCCCCCC[Si](Br)(OCC)OCCC. The number of rotatable bonds is 12. The van der Waals surface area contributed by atoms with Crippen molar-refractivity contribution in [1.82, 2.24) is 0 Å². The van der Waals surface area contributed by atoms with Gasteiger partial charge < -0.3 is 8.85 Å². The average Bonchev–Trinajstić information content (AvgIpc) is 2.32. The lowest BCUT2D eigenvalue weighted by Gasteiger charge is -2.24. The van der Waals surface area contributed by atoms with E-state index in [2.05, 4.69) is 29.1 Å². The van der Waals surface area contributed by atoms with Gasteiger partial charge in [-0.3, -0.25) is 0 Å². The maximum absolute atomic E-state index is 5.88. The Bertz CT molecular complexity index is 169. The zero-order valence-electron chi connectivity index (χ0n) is 11.8. The number of unbranched alkanes of at least 4 members (excludes halogenated alkanes) is 5. The monoisotopic (exact) mass is 324 g/mol. The normalized spacial score (nSPS) is 14.8. The molecule has 0 spiro atoms. The molecule has 0 aromatic heterocycles. The topological polar surface area (TPSA) is 18.5 Å².